The first-order valence-corrected chi connectivity index (χ1v) is 7.66. The zero-order valence-corrected chi connectivity index (χ0v) is 12.8. The Bertz CT molecular complexity index is 717. The average molecular weight is 327 g/mol. The summed E-state index contributed by atoms with van der Waals surface area (Å²) in [7, 11) is 0. The molecule has 0 saturated carbocycles. The molecule has 2 heterocycles. The summed E-state index contributed by atoms with van der Waals surface area (Å²) in [4.78, 5) is 4.10. The van der Waals surface area contributed by atoms with Crippen LogP contribution in [0, 0.1) is 6.92 Å². The van der Waals surface area contributed by atoms with Gasteiger partial charge in [0.15, 0.2) is 0 Å². The van der Waals surface area contributed by atoms with Gasteiger partial charge in [0.25, 0.3) is 0 Å². The van der Waals surface area contributed by atoms with Gasteiger partial charge in [0.05, 0.1) is 5.69 Å². The van der Waals surface area contributed by atoms with Crippen molar-refractivity contribution in [3.8, 4) is 16.9 Å². The standard InChI is InChI=1S/C17H15BrN2/c1-13-4-2-3-5-16(13)20-15(12-18)6-7-17(20)14-8-10-19-11-9-14/h2-11H,12H2,1H3. The van der Waals surface area contributed by atoms with Crippen LogP contribution in [0.2, 0.25) is 0 Å². The molecule has 1 aromatic carbocycles. The molecule has 2 aromatic heterocycles. The summed E-state index contributed by atoms with van der Waals surface area (Å²) in [6.07, 6.45) is 3.66. The molecular formula is C17H15BrN2. The molecule has 100 valence electrons. The van der Waals surface area contributed by atoms with E-state index in [1.807, 2.05) is 24.5 Å². The molecule has 3 heteroatoms. The molecular weight excluding hydrogens is 312 g/mol. The molecule has 2 nitrogen and oxygen atoms in total. The Morgan fingerprint density at radius 2 is 1.75 bits per heavy atom. The predicted molar refractivity (Wildman–Crippen MR) is 86.4 cm³/mol. The van der Waals surface area contributed by atoms with Crippen LogP contribution in [0.25, 0.3) is 16.9 Å². The SMILES string of the molecule is Cc1ccccc1-n1c(CBr)ccc1-c1ccncc1. The fourth-order valence-electron chi connectivity index (χ4n) is 2.43. The minimum absolute atomic E-state index is 0.826. The summed E-state index contributed by atoms with van der Waals surface area (Å²) < 4.78 is 2.30. The summed E-state index contributed by atoms with van der Waals surface area (Å²) in [5.74, 6) is 0. The van der Waals surface area contributed by atoms with Gasteiger partial charge in [0.2, 0.25) is 0 Å². The molecule has 0 atom stereocenters. The van der Waals surface area contributed by atoms with Crippen LogP contribution >= 0.6 is 15.9 Å². The maximum Gasteiger partial charge on any atom is 0.0533 e. The van der Waals surface area contributed by atoms with Crippen molar-refractivity contribution in [2.45, 2.75) is 12.3 Å². The van der Waals surface area contributed by atoms with Gasteiger partial charge in [-0.2, -0.15) is 0 Å². The highest BCUT2D eigenvalue weighted by molar-refractivity contribution is 9.08. The molecule has 0 bridgehead atoms. The number of rotatable bonds is 3. The van der Waals surface area contributed by atoms with Crippen LogP contribution in [-0.2, 0) is 5.33 Å². The van der Waals surface area contributed by atoms with Crippen molar-refractivity contribution < 1.29 is 0 Å². The normalized spacial score (nSPS) is 10.7. The lowest BCUT2D eigenvalue weighted by atomic mass is 10.1. The highest BCUT2D eigenvalue weighted by atomic mass is 79.9. The monoisotopic (exact) mass is 326 g/mol. The van der Waals surface area contributed by atoms with Gasteiger partial charge in [-0.1, -0.05) is 34.1 Å². The molecule has 0 spiro atoms. The Balaban J connectivity index is 2.24. The van der Waals surface area contributed by atoms with E-state index in [1.165, 1.54) is 28.2 Å². The number of benzene rings is 1. The zero-order valence-electron chi connectivity index (χ0n) is 11.3. The summed E-state index contributed by atoms with van der Waals surface area (Å²) >= 11 is 3.58. The number of hydrogen-bond acceptors (Lipinski definition) is 1. The third-order valence-electron chi connectivity index (χ3n) is 3.43. The smallest absolute Gasteiger partial charge is 0.0533 e. The lowest BCUT2D eigenvalue weighted by Crippen LogP contribution is -2.02. The van der Waals surface area contributed by atoms with Crippen molar-refractivity contribution in [2.24, 2.45) is 0 Å². The molecule has 0 aliphatic heterocycles. The maximum atomic E-state index is 4.10. The van der Waals surface area contributed by atoms with Crippen molar-refractivity contribution in [3.63, 3.8) is 0 Å². The first kappa shape index (κ1) is 13.1. The van der Waals surface area contributed by atoms with Crippen LogP contribution in [0.3, 0.4) is 0 Å². The number of hydrogen-bond donors (Lipinski definition) is 0. The van der Waals surface area contributed by atoms with Crippen LogP contribution in [0.4, 0.5) is 0 Å². The minimum Gasteiger partial charge on any atom is -0.313 e. The second kappa shape index (κ2) is 5.63. The van der Waals surface area contributed by atoms with Crippen molar-refractivity contribution in [2.75, 3.05) is 0 Å². The summed E-state index contributed by atoms with van der Waals surface area (Å²) in [5, 5.41) is 0.826. The highest BCUT2D eigenvalue weighted by Gasteiger charge is 2.12. The Hall–Kier alpha value is -1.87. The van der Waals surface area contributed by atoms with Gasteiger partial charge in [0.1, 0.15) is 0 Å². The zero-order chi connectivity index (χ0) is 13.9. The van der Waals surface area contributed by atoms with E-state index in [2.05, 4.69) is 68.8 Å². The van der Waals surface area contributed by atoms with Gasteiger partial charge in [-0.15, -0.1) is 0 Å². The van der Waals surface area contributed by atoms with Crippen LogP contribution in [0.5, 0.6) is 0 Å². The fourth-order valence-corrected chi connectivity index (χ4v) is 2.87. The van der Waals surface area contributed by atoms with Crippen LogP contribution in [0.1, 0.15) is 11.3 Å². The van der Waals surface area contributed by atoms with Gasteiger partial charge in [-0.05, 0) is 42.8 Å². The molecule has 0 fully saturated rings. The van der Waals surface area contributed by atoms with Gasteiger partial charge in [-0.25, -0.2) is 0 Å². The summed E-state index contributed by atoms with van der Waals surface area (Å²) in [5.41, 5.74) is 6.10. The molecule has 0 aliphatic rings. The molecule has 0 aliphatic carbocycles. The Morgan fingerprint density at radius 3 is 2.45 bits per heavy atom. The van der Waals surface area contributed by atoms with Crippen molar-refractivity contribution in [1.29, 1.82) is 0 Å². The minimum atomic E-state index is 0.826. The van der Waals surface area contributed by atoms with Crippen molar-refractivity contribution in [1.82, 2.24) is 9.55 Å². The topological polar surface area (TPSA) is 17.8 Å². The van der Waals surface area contributed by atoms with E-state index in [-0.39, 0.29) is 0 Å². The molecule has 3 rings (SSSR count). The van der Waals surface area contributed by atoms with Gasteiger partial charge in [0, 0.05) is 34.7 Å². The quantitative estimate of drug-likeness (QED) is 0.635. The number of alkyl halides is 1. The van der Waals surface area contributed by atoms with Crippen LogP contribution < -0.4 is 0 Å². The van der Waals surface area contributed by atoms with E-state index in [4.69, 9.17) is 0 Å². The number of nitrogens with zero attached hydrogens (tertiary/aromatic N) is 2. The van der Waals surface area contributed by atoms with E-state index < -0.39 is 0 Å². The average Bonchev–Trinajstić information content (AvgIpc) is 2.92. The molecule has 0 unspecified atom stereocenters. The molecule has 0 radical (unpaired) electrons. The van der Waals surface area contributed by atoms with E-state index in [1.54, 1.807) is 0 Å². The van der Waals surface area contributed by atoms with E-state index in [9.17, 15) is 0 Å². The molecule has 0 amide bonds. The van der Waals surface area contributed by atoms with Crippen LogP contribution in [0.15, 0.2) is 60.9 Å². The predicted octanol–water partition coefficient (Wildman–Crippen LogP) is 4.74. The number of halogens is 1. The second-order valence-electron chi connectivity index (χ2n) is 4.70. The second-order valence-corrected chi connectivity index (χ2v) is 5.26. The van der Waals surface area contributed by atoms with Crippen LogP contribution in [-0.4, -0.2) is 9.55 Å². The third kappa shape index (κ3) is 2.29. The first-order valence-electron chi connectivity index (χ1n) is 6.54. The van der Waals surface area contributed by atoms with E-state index in [0.717, 1.165) is 5.33 Å². The largest absolute Gasteiger partial charge is 0.313 e. The lowest BCUT2D eigenvalue weighted by Gasteiger charge is -2.15. The first-order chi connectivity index (χ1) is 9.81. The Morgan fingerprint density at radius 1 is 1.00 bits per heavy atom. The van der Waals surface area contributed by atoms with Gasteiger partial charge >= 0.3 is 0 Å². The Kier molecular flexibility index (Phi) is 3.70. The number of pyridine rings is 1. The molecule has 3 aromatic rings. The van der Waals surface area contributed by atoms with Crippen molar-refractivity contribution in [3.05, 3.63) is 72.2 Å². The van der Waals surface area contributed by atoms with E-state index in [0.29, 0.717) is 0 Å². The van der Waals surface area contributed by atoms with E-state index >= 15 is 0 Å². The number of para-hydroxylation sites is 1. The van der Waals surface area contributed by atoms with Crippen molar-refractivity contribution >= 4 is 15.9 Å². The lowest BCUT2D eigenvalue weighted by molar-refractivity contribution is 1.00. The summed E-state index contributed by atoms with van der Waals surface area (Å²) in [6.45, 7) is 2.14. The molecule has 0 N–H and O–H groups in total. The fraction of sp³-hybridized carbons (Fsp3) is 0.118. The maximum absolute atomic E-state index is 4.10. The third-order valence-corrected chi connectivity index (χ3v) is 4.01. The summed E-state index contributed by atoms with van der Waals surface area (Å²) in [6, 6.07) is 16.9. The highest BCUT2D eigenvalue weighted by Crippen LogP contribution is 2.28. The Labute approximate surface area is 127 Å². The molecule has 20 heavy (non-hydrogen) atoms. The van der Waals surface area contributed by atoms with Gasteiger partial charge < -0.3 is 4.57 Å². The number of aryl methyl sites for hydroxylation is 1. The molecule has 0 saturated heterocycles. The number of aromatic nitrogens is 2. The van der Waals surface area contributed by atoms with Gasteiger partial charge in [-0.3, -0.25) is 4.98 Å².